The molecule has 0 saturated heterocycles. The Balaban J connectivity index is 2.67. The van der Waals surface area contributed by atoms with E-state index in [1.54, 1.807) is 0 Å². The molecule has 0 bridgehead atoms. The van der Waals surface area contributed by atoms with Crippen LogP contribution in [0, 0.1) is 12.3 Å². The highest BCUT2D eigenvalue weighted by molar-refractivity contribution is 5.50. The number of nitrogens with zero attached hydrogens (tertiary/aromatic N) is 1. The molecule has 0 aliphatic rings. The average Bonchev–Trinajstić information content (AvgIpc) is 2.13. The zero-order valence-electron chi connectivity index (χ0n) is 9.99. The van der Waals surface area contributed by atoms with E-state index >= 15 is 0 Å². The van der Waals surface area contributed by atoms with Gasteiger partial charge in [-0.1, -0.05) is 45.1 Å². The lowest BCUT2D eigenvalue weighted by molar-refractivity contribution is 0.544. The minimum atomic E-state index is 0.240. The molecule has 80 valence electrons. The number of aryl methyl sites for hydroxylation is 1. The van der Waals surface area contributed by atoms with Crippen LogP contribution in [0.5, 0.6) is 0 Å². The first-order chi connectivity index (χ1) is 6.99. The molecule has 0 atom stereocenters. The van der Waals surface area contributed by atoms with Gasteiger partial charge in [-0.25, -0.2) is 0 Å². The molecule has 0 N–H and O–H groups in total. The Morgan fingerprint density at radius 3 is 2.53 bits per heavy atom. The van der Waals surface area contributed by atoms with Crippen molar-refractivity contribution in [2.24, 2.45) is 5.41 Å². The second kappa shape index (κ2) is 4.92. The van der Waals surface area contributed by atoms with E-state index in [1.807, 2.05) is 24.4 Å². The molecule has 0 unspecified atom stereocenters. The highest BCUT2D eigenvalue weighted by Crippen LogP contribution is 2.14. The van der Waals surface area contributed by atoms with Crippen molar-refractivity contribution in [3.63, 3.8) is 0 Å². The summed E-state index contributed by atoms with van der Waals surface area (Å²) in [5.41, 5.74) is 2.48. The van der Waals surface area contributed by atoms with Gasteiger partial charge in [0.15, 0.2) is 0 Å². The minimum absolute atomic E-state index is 0.240. The maximum atomic E-state index is 4.29. The van der Waals surface area contributed by atoms with E-state index in [1.165, 1.54) is 5.56 Å². The van der Waals surface area contributed by atoms with Gasteiger partial charge in [-0.3, -0.25) is 4.98 Å². The first-order valence-electron chi connectivity index (χ1n) is 5.26. The summed E-state index contributed by atoms with van der Waals surface area (Å²) >= 11 is 0. The Hall–Kier alpha value is -1.37. The Bertz CT molecular complexity index is 367. The summed E-state index contributed by atoms with van der Waals surface area (Å²) in [5, 5.41) is 0. The Kier molecular flexibility index (Phi) is 3.84. The molecule has 0 radical (unpaired) electrons. The van der Waals surface area contributed by atoms with E-state index < -0.39 is 0 Å². The van der Waals surface area contributed by atoms with Crippen LogP contribution < -0.4 is 0 Å². The first-order valence-corrected chi connectivity index (χ1v) is 5.26. The molecule has 1 nitrogen and oxygen atoms in total. The molecule has 0 spiro atoms. The van der Waals surface area contributed by atoms with Gasteiger partial charge in [-0.05, 0) is 30.0 Å². The van der Waals surface area contributed by atoms with E-state index in [4.69, 9.17) is 0 Å². The van der Waals surface area contributed by atoms with Crippen LogP contribution in [-0.2, 0) is 0 Å². The summed E-state index contributed by atoms with van der Waals surface area (Å²) in [5.74, 6) is 0. The predicted octanol–water partition coefficient (Wildman–Crippen LogP) is 4.01. The summed E-state index contributed by atoms with van der Waals surface area (Å²) in [4.78, 5) is 4.29. The monoisotopic (exact) mass is 201 g/mol. The topological polar surface area (TPSA) is 12.9 Å². The number of rotatable bonds is 2. The van der Waals surface area contributed by atoms with Crippen LogP contribution >= 0.6 is 0 Å². The van der Waals surface area contributed by atoms with E-state index in [-0.39, 0.29) is 5.41 Å². The Labute approximate surface area is 92.6 Å². The second-order valence-electron chi connectivity index (χ2n) is 4.79. The highest BCUT2D eigenvalue weighted by atomic mass is 14.7. The summed E-state index contributed by atoms with van der Waals surface area (Å²) < 4.78 is 0. The molecule has 0 aliphatic carbocycles. The lowest BCUT2D eigenvalue weighted by Crippen LogP contribution is -1.97. The fraction of sp³-hybridized carbons (Fsp3) is 0.357. The van der Waals surface area contributed by atoms with Crippen LogP contribution in [0.4, 0.5) is 0 Å². The number of hydrogen-bond donors (Lipinski definition) is 0. The van der Waals surface area contributed by atoms with Crippen LogP contribution in [-0.4, -0.2) is 4.98 Å². The van der Waals surface area contributed by atoms with Gasteiger partial charge in [0.2, 0.25) is 0 Å². The molecule has 1 aromatic rings. The van der Waals surface area contributed by atoms with Crippen molar-refractivity contribution in [3.05, 3.63) is 47.8 Å². The molecule has 1 aromatic heterocycles. The van der Waals surface area contributed by atoms with Crippen LogP contribution in [0.25, 0.3) is 6.08 Å². The van der Waals surface area contributed by atoms with Crippen LogP contribution in [0.3, 0.4) is 0 Å². The molecule has 0 aromatic carbocycles. The maximum absolute atomic E-state index is 4.29. The normalized spacial score (nSPS) is 12.8. The van der Waals surface area contributed by atoms with Crippen LogP contribution in [0.1, 0.15) is 32.0 Å². The standard InChI is InChI=1S/C14H19N/c1-12-8-7-11-15-13(12)9-5-6-10-14(2,3)4/h5-11H,1-4H3/b9-5-,10-6+. The fourth-order valence-corrected chi connectivity index (χ4v) is 1.16. The number of aromatic nitrogens is 1. The molecular weight excluding hydrogens is 182 g/mol. The number of hydrogen-bond acceptors (Lipinski definition) is 1. The van der Waals surface area contributed by atoms with Gasteiger partial charge >= 0.3 is 0 Å². The van der Waals surface area contributed by atoms with E-state index in [9.17, 15) is 0 Å². The molecule has 1 heteroatoms. The maximum Gasteiger partial charge on any atom is 0.0658 e. The summed E-state index contributed by atoms with van der Waals surface area (Å²) in [6.07, 6.45) is 10.2. The Morgan fingerprint density at radius 2 is 1.93 bits per heavy atom. The number of pyridine rings is 1. The van der Waals surface area contributed by atoms with E-state index in [2.05, 4.69) is 50.9 Å². The molecule has 1 rings (SSSR count). The largest absolute Gasteiger partial charge is 0.257 e. The van der Waals surface area contributed by atoms with Gasteiger partial charge < -0.3 is 0 Å². The number of allylic oxidation sites excluding steroid dienone is 3. The van der Waals surface area contributed by atoms with Crippen molar-refractivity contribution in [1.29, 1.82) is 0 Å². The van der Waals surface area contributed by atoms with Crippen molar-refractivity contribution in [2.75, 3.05) is 0 Å². The summed E-state index contributed by atoms with van der Waals surface area (Å²) in [6.45, 7) is 8.62. The smallest absolute Gasteiger partial charge is 0.0658 e. The van der Waals surface area contributed by atoms with Crippen LogP contribution in [0.15, 0.2) is 36.6 Å². The second-order valence-corrected chi connectivity index (χ2v) is 4.79. The molecular formula is C14H19N. The fourth-order valence-electron chi connectivity index (χ4n) is 1.16. The highest BCUT2D eigenvalue weighted by Gasteiger charge is 2.01. The first kappa shape index (κ1) is 11.7. The third kappa shape index (κ3) is 4.59. The lowest BCUT2D eigenvalue weighted by atomic mass is 9.96. The molecule has 0 amide bonds. The molecule has 1 heterocycles. The minimum Gasteiger partial charge on any atom is -0.257 e. The Morgan fingerprint density at radius 1 is 1.20 bits per heavy atom. The molecule has 0 saturated carbocycles. The average molecular weight is 201 g/mol. The van der Waals surface area contributed by atoms with Crippen molar-refractivity contribution in [3.8, 4) is 0 Å². The van der Waals surface area contributed by atoms with Gasteiger partial charge in [0.1, 0.15) is 0 Å². The van der Waals surface area contributed by atoms with Gasteiger partial charge in [0.05, 0.1) is 5.69 Å². The third-order valence-corrected chi connectivity index (χ3v) is 2.01. The predicted molar refractivity (Wildman–Crippen MR) is 66.6 cm³/mol. The van der Waals surface area contributed by atoms with Crippen molar-refractivity contribution < 1.29 is 0 Å². The zero-order chi connectivity index (χ0) is 11.3. The molecule has 0 aliphatic heterocycles. The van der Waals surface area contributed by atoms with Gasteiger partial charge in [0, 0.05) is 6.20 Å². The van der Waals surface area contributed by atoms with E-state index in [0.717, 1.165) is 5.69 Å². The molecule has 0 fully saturated rings. The van der Waals surface area contributed by atoms with Gasteiger partial charge in [-0.2, -0.15) is 0 Å². The van der Waals surface area contributed by atoms with Crippen molar-refractivity contribution in [1.82, 2.24) is 4.98 Å². The third-order valence-electron chi connectivity index (χ3n) is 2.01. The van der Waals surface area contributed by atoms with Crippen molar-refractivity contribution >= 4 is 6.08 Å². The van der Waals surface area contributed by atoms with E-state index in [0.29, 0.717) is 0 Å². The lowest BCUT2D eigenvalue weighted by Gasteiger charge is -2.09. The molecule has 15 heavy (non-hydrogen) atoms. The van der Waals surface area contributed by atoms with Crippen LogP contribution in [0.2, 0.25) is 0 Å². The van der Waals surface area contributed by atoms with Gasteiger partial charge in [0.25, 0.3) is 0 Å². The SMILES string of the molecule is Cc1cccnc1/C=C\C=C\C(C)(C)C. The van der Waals surface area contributed by atoms with Gasteiger partial charge in [-0.15, -0.1) is 0 Å². The van der Waals surface area contributed by atoms with Crippen molar-refractivity contribution in [2.45, 2.75) is 27.7 Å². The summed E-state index contributed by atoms with van der Waals surface area (Å²) in [7, 11) is 0. The summed E-state index contributed by atoms with van der Waals surface area (Å²) in [6, 6.07) is 4.03. The zero-order valence-corrected chi connectivity index (χ0v) is 9.99. The quantitative estimate of drug-likeness (QED) is 0.659.